The molecule has 2 rings (SSSR count). The molecule has 0 saturated carbocycles. The van der Waals surface area contributed by atoms with Crippen LogP contribution in [-0.4, -0.2) is 11.8 Å². The smallest absolute Gasteiger partial charge is 0.194 e. The van der Waals surface area contributed by atoms with E-state index in [2.05, 4.69) is 20.8 Å². The van der Waals surface area contributed by atoms with Crippen LogP contribution in [0.3, 0.4) is 0 Å². The van der Waals surface area contributed by atoms with E-state index in [-0.39, 0.29) is 5.78 Å². The molecule has 0 fully saturated rings. The maximum absolute atomic E-state index is 13.9. The van der Waals surface area contributed by atoms with Crippen LogP contribution >= 0.6 is 0 Å². The number of carboxylic acid groups (broad SMARTS) is 1. The lowest BCUT2D eigenvalue weighted by molar-refractivity contribution is -0.312. The molecule has 29 heavy (non-hydrogen) atoms. The highest BCUT2D eigenvalue weighted by molar-refractivity contribution is 6.13. The molecule has 3 heteroatoms. The van der Waals surface area contributed by atoms with Crippen LogP contribution in [-0.2, 0) is 10.2 Å². The standard InChI is InChI=1S/C26H34O3/c1-12-13(2)16(5)21(17(6)14(12)3)24(27)22-18(7)15(4)19(8)23(20(22)9)26(10,11)25(28)29/h1-11H3,(H,28,29)/p-1. The quantitative estimate of drug-likeness (QED) is 0.706. The van der Waals surface area contributed by atoms with Crippen molar-refractivity contribution in [1.82, 2.24) is 0 Å². The van der Waals surface area contributed by atoms with Crippen LogP contribution in [0.4, 0.5) is 0 Å². The van der Waals surface area contributed by atoms with E-state index in [0.717, 1.165) is 50.1 Å². The Hall–Kier alpha value is -2.42. The zero-order chi connectivity index (χ0) is 22.6. The number of aliphatic carboxylic acids is 1. The average molecular weight is 394 g/mol. The second-order valence-electron chi connectivity index (χ2n) is 8.99. The van der Waals surface area contributed by atoms with Crippen molar-refractivity contribution in [3.05, 3.63) is 66.8 Å². The highest BCUT2D eigenvalue weighted by Gasteiger charge is 2.32. The second kappa shape index (κ2) is 7.44. The predicted octanol–water partition coefficient (Wildman–Crippen LogP) is 4.72. The van der Waals surface area contributed by atoms with Crippen molar-refractivity contribution >= 4 is 11.8 Å². The Bertz CT molecular complexity index is 1020. The Morgan fingerprint density at radius 3 is 1.24 bits per heavy atom. The third kappa shape index (κ3) is 3.31. The van der Waals surface area contributed by atoms with Gasteiger partial charge in [-0.2, -0.15) is 0 Å². The van der Waals surface area contributed by atoms with Gasteiger partial charge in [-0.05, 0) is 118 Å². The van der Waals surface area contributed by atoms with Gasteiger partial charge in [-0.15, -0.1) is 0 Å². The van der Waals surface area contributed by atoms with Crippen LogP contribution in [0.15, 0.2) is 0 Å². The molecule has 2 aromatic carbocycles. The molecule has 0 aliphatic rings. The number of hydrogen-bond donors (Lipinski definition) is 0. The maximum atomic E-state index is 13.9. The number of hydrogen-bond acceptors (Lipinski definition) is 3. The van der Waals surface area contributed by atoms with E-state index in [0.29, 0.717) is 11.1 Å². The van der Waals surface area contributed by atoms with Gasteiger partial charge in [0.25, 0.3) is 0 Å². The Balaban J connectivity index is 2.97. The lowest BCUT2D eigenvalue weighted by Crippen LogP contribution is -2.42. The number of benzene rings is 2. The molecule has 0 N–H and O–H groups in total. The fraction of sp³-hybridized carbons (Fsp3) is 0.462. The molecule has 0 amide bonds. The van der Waals surface area contributed by atoms with E-state index in [4.69, 9.17) is 0 Å². The maximum Gasteiger partial charge on any atom is 0.194 e. The van der Waals surface area contributed by atoms with Crippen LogP contribution in [0.5, 0.6) is 0 Å². The van der Waals surface area contributed by atoms with Gasteiger partial charge in [-0.25, -0.2) is 0 Å². The van der Waals surface area contributed by atoms with Crippen molar-refractivity contribution in [2.24, 2.45) is 0 Å². The molecule has 3 nitrogen and oxygen atoms in total. The summed E-state index contributed by atoms with van der Waals surface area (Å²) in [6, 6.07) is 0. The van der Waals surface area contributed by atoms with E-state index in [1.54, 1.807) is 13.8 Å². The van der Waals surface area contributed by atoms with Crippen LogP contribution in [0.1, 0.15) is 85.4 Å². The fourth-order valence-corrected chi connectivity index (χ4v) is 4.69. The highest BCUT2D eigenvalue weighted by atomic mass is 16.4. The third-order valence-corrected chi connectivity index (χ3v) is 7.21. The lowest BCUT2D eigenvalue weighted by Gasteiger charge is -2.33. The van der Waals surface area contributed by atoms with Crippen molar-refractivity contribution in [2.75, 3.05) is 0 Å². The summed E-state index contributed by atoms with van der Waals surface area (Å²) in [6.45, 7) is 21.2. The molecule has 0 atom stereocenters. The molecular weight excluding hydrogens is 360 g/mol. The zero-order valence-electron chi connectivity index (χ0n) is 19.7. The summed E-state index contributed by atoms with van der Waals surface area (Å²) < 4.78 is 0. The Morgan fingerprint density at radius 1 is 0.552 bits per heavy atom. The summed E-state index contributed by atoms with van der Waals surface area (Å²) in [5.41, 5.74) is 9.82. The van der Waals surface area contributed by atoms with Crippen molar-refractivity contribution in [3.8, 4) is 0 Å². The topological polar surface area (TPSA) is 57.2 Å². The molecule has 0 radical (unpaired) electrons. The normalized spacial score (nSPS) is 11.7. The summed E-state index contributed by atoms with van der Waals surface area (Å²) >= 11 is 0. The lowest BCUT2D eigenvalue weighted by atomic mass is 9.74. The minimum Gasteiger partial charge on any atom is -0.549 e. The van der Waals surface area contributed by atoms with Gasteiger partial charge in [0, 0.05) is 16.5 Å². The first-order valence-corrected chi connectivity index (χ1v) is 10.1. The van der Waals surface area contributed by atoms with Crippen LogP contribution < -0.4 is 5.11 Å². The van der Waals surface area contributed by atoms with E-state index < -0.39 is 11.4 Å². The van der Waals surface area contributed by atoms with Crippen molar-refractivity contribution < 1.29 is 14.7 Å². The molecule has 0 aliphatic heterocycles. The van der Waals surface area contributed by atoms with Crippen LogP contribution in [0.25, 0.3) is 0 Å². The van der Waals surface area contributed by atoms with E-state index in [9.17, 15) is 14.7 Å². The summed E-state index contributed by atoms with van der Waals surface area (Å²) in [5, 5.41) is 11.9. The average Bonchev–Trinajstić information content (AvgIpc) is 2.63. The number of rotatable bonds is 4. The largest absolute Gasteiger partial charge is 0.549 e. The molecule has 0 spiro atoms. The van der Waals surface area contributed by atoms with Gasteiger partial charge >= 0.3 is 0 Å². The molecule has 156 valence electrons. The van der Waals surface area contributed by atoms with E-state index in [1.807, 2.05) is 41.5 Å². The van der Waals surface area contributed by atoms with Crippen molar-refractivity contribution in [3.63, 3.8) is 0 Å². The minimum absolute atomic E-state index is 0.0281. The number of carbonyl (C=O) groups is 2. The van der Waals surface area contributed by atoms with Gasteiger partial charge in [0.2, 0.25) is 0 Å². The Kier molecular flexibility index (Phi) is 5.87. The summed E-state index contributed by atoms with van der Waals surface area (Å²) in [4.78, 5) is 25.8. The monoisotopic (exact) mass is 393 g/mol. The van der Waals surface area contributed by atoms with Gasteiger partial charge in [0.1, 0.15) is 0 Å². The summed E-state index contributed by atoms with van der Waals surface area (Å²) in [7, 11) is 0. The third-order valence-electron chi connectivity index (χ3n) is 7.21. The summed E-state index contributed by atoms with van der Waals surface area (Å²) in [6.07, 6.45) is 0. The second-order valence-corrected chi connectivity index (χ2v) is 8.99. The molecule has 0 bridgehead atoms. The highest BCUT2D eigenvalue weighted by Crippen LogP contribution is 2.37. The van der Waals surface area contributed by atoms with Gasteiger partial charge in [0.05, 0.1) is 5.97 Å². The van der Waals surface area contributed by atoms with Crippen LogP contribution in [0, 0.1) is 62.3 Å². The molecule has 0 heterocycles. The van der Waals surface area contributed by atoms with Crippen LogP contribution in [0.2, 0.25) is 0 Å². The van der Waals surface area contributed by atoms with E-state index >= 15 is 0 Å². The van der Waals surface area contributed by atoms with Gasteiger partial charge in [-0.1, -0.05) is 13.8 Å². The zero-order valence-corrected chi connectivity index (χ0v) is 19.7. The molecule has 0 aliphatic carbocycles. The predicted molar refractivity (Wildman–Crippen MR) is 117 cm³/mol. The first kappa shape index (κ1) is 22.9. The molecule has 0 aromatic heterocycles. The summed E-state index contributed by atoms with van der Waals surface area (Å²) in [5.74, 6) is -1.17. The molecule has 2 aromatic rings. The van der Waals surface area contributed by atoms with Gasteiger partial charge < -0.3 is 9.90 Å². The van der Waals surface area contributed by atoms with Crippen molar-refractivity contribution in [1.29, 1.82) is 0 Å². The fourth-order valence-electron chi connectivity index (χ4n) is 4.69. The number of ketones is 1. The SMILES string of the molecule is Cc1c(C)c(C)c(C(=O)c2c(C)c(C)c(C)c(C(C)(C)C(=O)[O-])c2C)c(C)c1C. The number of carboxylic acids is 1. The number of carbonyl (C=O) groups excluding carboxylic acids is 2. The first-order valence-electron chi connectivity index (χ1n) is 10.1. The molecular formula is C26H33O3-. The van der Waals surface area contributed by atoms with Crippen molar-refractivity contribution in [2.45, 2.75) is 81.6 Å². The Morgan fingerprint density at radius 2 is 0.862 bits per heavy atom. The van der Waals surface area contributed by atoms with Gasteiger partial charge in [0.15, 0.2) is 5.78 Å². The van der Waals surface area contributed by atoms with E-state index in [1.165, 1.54) is 5.56 Å². The Labute approximate surface area is 175 Å². The minimum atomic E-state index is -1.19. The first-order chi connectivity index (χ1) is 13.2. The molecule has 0 saturated heterocycles. The molecule has 0 unspecified atom stereocenters. The van der Waals surface area contributed by atoms with Gasteiger partial charge in [-0.3, -0.25) is 4.79 Å².